The van der Waals surface area contributed by atoms with Crippen molar-refractivity contribution in [3.05, 3.63) is 57.3 Å². The number of hydrogen-bond donors (Lipinski definition) is 0. The molecule has 1 saturated heterocycles. The van der Waals surface area contributed by atoms with Gasteiger partial charge in [-0.05, 0) is 57.0 Å². The molecule has 3 aromatic rings. The summed E-state index contributed by atoms with van der Waals surface area (Å²) in [6.45, 7) is 4.00. The molecule has 1 atom stereocenters. The molecule has 0 aliphatic carbocycles. The summed E-state index contributed by atoms with van der Waals surface area (Å²) in [7, 11) is -3.84. The first-order chi connectivity index (χ1) is 16.2. The summed E-state index contributed by atoms with van der Waals surface area (Å²) in [4.78, 5) is 30.3. The van der Waals surface area contributed by atoms with Gasteiger partial charge in [0.1, 0.15) is 12.6 Å². The number of nitrogens with zero attached hydrogens (tertiary/aromatic N) is 3. The lowest BCUT2D eigenvalue weighted by molar-refractivity contribution is -0.143. The molecule has 0 saturated carbocycles. The van der Waals surface area contributed by atoms with Crippen molar-refractivity contribution in [3.63, 3.8) is 0 Å². The Bertz CT molecular complexity index is 1410. The lowest BCUT2D eigenvalue weighted by Crippen LogP contribution is -2.40. The third-order valence-corrected chi connectivity index (χ3v) is 9.02. The number of esters is 1. The number of fused-ring (bicyclic) bond motifs is 1. The first-order valence-corrected chi connectivity index (χ1v) is 13.9. The van der Waals surface area contributed by atoms with Crippen molar-refractivity contribution >= 4 is 59.4 Å². The number of thiazole rings is 1. The third kappa shape index (κ3) is 5.02. The number of hydrogen-bond acceptors (Lipinski definition) is 6. The molecular weight excluding hydrogens is 542 g/mol. The molecule has 2 aromatic carbocycles. The second kappa shape index (κ2) is 10.1. The standard InChI is InChI=1S/C23H24BrN3O5S2/c1-3-32-21(28)14-26-18-11-8-16(24)13-20(18)33-23(26)25-22(29)19-5-4-12-27(19)34(30,31)17-9-6-15(2)7-10-17/h6-11,13,19H,3-5,12,14H2,1-2H3. The molecule has 34 heavy (non-hydrogen) atoms. The lowest BCUT2D eigenvalue weighted by atomic mass is 10.2. The van der Waals surface area contributed by atoms with Crippen LogP contribution in [0, 0.1) is 6.92 Å². The Morgan fingerprint density at radius 1 is 1.21 bits per heavy atom. The van der Waals surface area contributed by atoms with Gasteiger partial charge >= 0.3 is 5.97 Å². The molecule has 1 unspecified atom stereocenters. The summed E-state index contributed by atoms with van der Waals surface area (Å²) in [5, 5.41) is 0. The van der Waals surface area contributed by atoms with Crippen molar-refractivity contribution in [2.45, 2.75) is 44.2 Å². The SMILES string of the molecule is CCOC(=O)Cn1c(=NC(=O)C2CCCN2S(=O)(=O)c2ccc(C)cc2)sc2cc(Br)ccc21. The van der Waals surface area contributed by atoms with Crippen LogP contribution in [0.5, 0.6) is 0 Å². The van der Waals surface area contributed by atoms with E-state index in [1.54, 1.807) is 35.8 Å². The van der Waals surface area contributed by atoms with Gasteiger partial charge in [-0.25, -0.2) is 8.42 Å². The number of halogens is 1. The summed E-state index contributed by atoms with van der Waals surface area (Å²) >= 11 is 4.70. The van der Waals surface area contributed by atoms with Gasteiger partial charge < -0.3 is 9.30 Å². The van der Waals surface area contributed by atoms with Crippen molar-refractivity contribution < 1.29 is 22.7 Å². The lowest BCUT2D eigenvalue weighted by Gasteiger charge is -2.21. The Morgan fingerprint density at radius 2 is 1.94 bits per heavy atom. The van der Waals surface area contributed by atoms with Gasteiger partial charge in [0.05, 0.1) is 21.7 Å². The minimum atomic E-state index is -3.84. The van der Waals surface area contributed by atoms with Crippen molar-refractivity contribution in [1.82, 2.24) is 8.87 Å². The highest BCUT2D eigenvalue weighted by Crippen LogP contribution is 2.27. The molecule has 0 radical (unpaired) electrons. The predicted molar refractivity (Wildman–Crippen MR) is 133 cm³/mol. The van der Waals surface area contributed by atoms with Crippen LogP contribution in [0.2, 0.25) is 0 Å². The highest BCUT2D eigenvalue weighted by Gasteiger charge is 2.39. The first-order valence-electron chi connectivity index (χ1n) is 10.8. The average Bonchev–Trinajstić information content (AvgIpc) is 3.40. The Hall–Kier alpha value is -2.34. The van der Waals surface area contributed by atoms with Gasteiger partial charge in [-0.15, -0.1) is 0 Å². The number of aromatic nitrogens is 1. The fourth-order valence-electron chi connectivity index (χ4n) is 3.91. The van der Waals surface area contributed by atoms with Gasteiger partial charge in [-0.1, -0.05) is 45.0 Å². The maximum Gasteiger partial charge on any atom is 0.326 e. The molecule has 0 bridgehead atoms. The van der Waals surface area contributed by atoms with Crippen molar-refractivity contribution in [2.75, 3.05) is 13.2 Å². The Balaban J connectivity index is 1.72. The molecule has 4 rings (SSSR count). The Kier molecular flexibility index (Phi) is 7.36. The van der Waals surface area contributed by atoms with Gasteiger partial charge in [-0.2, -0.15) is 9.30 Å². The van der Waals surface area contributed by atoms with E-state index in [1.807, 2.05) is 25.1 Å². The minimum Gasteiger partial charge on any atom is -0.465 e. The fraction of sp³-hybridized carbons (Fsp3) is 0.348. The Labute approximate surface area is 210 Å². The maximum atomic E-state index is 13.3. The van der Waals surface area contributed by atoms with Crippen LogP contribution in [0.4, 0.5) is 0 Å². The highest BCUT2D eigenvalue weighted by molar-refractivity contribution is 9.10. The molecule has 0 N–H and O–H groups in total. The summed E-state index contributed by atoms with van der Waals surface area (Å²) in [5.74, 6) is -0.986. The van der Waals surface area contributed by atoms with Crippen LogP contribution < -0.4 is 4.80 Å². The van der Waals surface area contributed by atoms with Crippen LogP contribution in [0.3, 0.4) is 0 Å². The predicted octanol–water partition coefficient (Wildman–Crippen LogP) is 3.62. The van der Waals surface area contributed by atoms with Gasteiger partial charge in [0.15, 0.2) is 4.80 Å². The zero-order valence-corrected chi connectivity index (χ0v) is 22.0. The van der Waals surface area contributed by atoms with Crippen LogP contribution in [0.15, 0.2) is 56.8 Å². The fourth-order valence-corrected chi connectivity index (χ4v) is 7.15. The van der Waals surface area contributed by atoms with Crippen LogP contribution in [-0.4, -0.2) is 48.4 Å². The maximum absolute atomic E-state index is 13.3. The molecule has 1 fully saturated rings. The molecule has 180 valence electrons. The van der Waals surface area contributed by atoms with E-state index in [4.69, 9.17) is 4.74 Å². The molecule has 1 aliphatic rings. The van der Waals surface area contributed by atoms with E-state index in [0.29, 0.717) is 17.6 Å². The van der Waals surface area contributed by atoms with Crippen molar-refractivity contribution in [1.29, 1.82) is 0 Å². The number of sulfonamides is 1. The van der Waals surface area contributed by atoms with Gasteiger partial charge in [0.25, 0.3) is 5.91 Å². The van der Waals surface area contributed by atoms with E-state index in [0.717, 1.165) is 20.3 Å². The van der Waals surface area contributed by atoms with E-state index < -0.39 is 27.9 Å². The number of aryl methyl sites for hydroxylation is 1. The topological polar surface area (TPSA) is 98.0 Å². The van der Waals surface area contributed by atoms with E-state index in [2.05, 4.69) is 20.9 Å². The van der Waals surface area contributed by atoms with Crippen LogP contribution in [-0.2, 0) is 30.9 Å². The number of amides is 1. The van der Waals surface area contributed by atoms with Crippen LogP contribution in [0.25, 0.3) is 10.2 Å². The molecular formula is C23H24BrN3O5S2. The Morgan fingerprint density at radius 3 is 2.65 bits per heavy atom. The van der Waals surface area contributed by atoms with Crippen LogP contribution in [0.1, 0.15) is 25.3 Å². The second-order valence-corrected chi connectivity index (χ2v) is 11.7. The number of carbonyl (C=O) groups is 2. The molecule has 1 aromatic heterocycles. The summed E-state index contributed by atoms with van der Waals surface area (Å²) < 4.78 is 36.1. The molecule has 1 aliphatic heterocycles. The zero-order chi connectivity index (χ0) is 24.5. The highest BCUT2D eigenvalue weighted by atomic mass is 79.9. The summed E-state index contributed by atoms with van der Waals surface area (Å²) in [6, 6.07) is 11.2. The van der Waals surface area contributed by atoms with E-state index in [1.165, 1.54) is 15.6 Å². The van der Waals surface area contributed by atoms with E-state index in [9.17, 15) is 18.0 Å². The summed E-state index contributed by atoms with van der Waals surface area (Å²) in [6.07, 6.45) is 0.959. The second-order valence-electron chi connectivity index (χ2n) is 7.92. The number of carbonyl (C=O) groups excluding carboxylic acids is 2. The number of ether oxygens (including phenoxy) is 1. The summed E-state index contributed by atoms with van der Waals surface area (Å²) in [5.41, 5.74) is 1.69. The van der Waals surface area contributed by atoms with Crippen molar-refractivity contribution in [2.24, 2.45) is 4.99 Å². The normalized spacial score (nSPS) is 17.4. The van der Waals surface area contributed by atoms with Gasteiger partial charge in [0.2, 0.25) is 10.0 Å². The number of benzene rings is 2. The number of rotatable bonds is 6. The minimum absolute atomic E-state index is 0.0996. The smallest absolute Gasteiger partial charge is 0.326 e. The molecule has 0 spiro atoms. The molecule has 1 amide bonds. The van der Waals surface area contributed by atoms with E-state index in [-0.39, 0.29) is 24.6 Å². The monoisotopic (exact) mass is 565 g/mol. The third-order valence-electron chi connectivity index (χ3n) is 5.56. The van der Waals surface area contributed by atoms with Gasteiger partial charge in [0, 0.05) is 11.0 Å². The first kappa shape index (κ1) is 24.8. The van der Waals surface area contributed by atoms with E-state index >= 15 is 0 Å². The molecule has 2 heterocycles. The molecule has 8 nitrogen and oxygen atoms in total. The quantitative estimate of drug-likeness (QED) is 0.425. The molecule has 11 heteroatoms. The average molecular weight is 566 g/mol. The zero-order valence-electron chi connectivity index (χ0n) is 18.7. The largest absolute Gasteiger partial charge is 0.465 e. The van der Waals surface area contributed by atoms with Gasteiger partial charge in [-0.3, -0.25) is 9.59 Å². The van der Waals surface area contributed by atoms with Crippen LogP contribution >= 0.6 is 27.3 Å². The van der Waals surface area contributed by atoms with Crippen molar-refractivity contribution in [3.8, 4) is 0 Å².